The van der Waals surface area contributed by atoms with Crippen LogP contribution in [0.25, 0.3) is 0 Å². The molecule has 0 aromatic carbocycles. The summed E-state index contributed by atoms with van der Waals surface area (Å²) >= 11 is 0. The van der Waals surface area contributed by atoms with Gasteiger partial charge in [0.25, 0.3) is 0 Å². The van der Waals surface area contributed by atoms with Crippen LogP contribution in [0.3, 0.4) is 0 Å². The van der Waals surface area contributed by atoms with Crippen molar-refractivity contribution in [3.05, 3.63) is 23.9 Å². The first-order chi connectivity index (χ1) is 8.39. The Morgan fingerprint density at radius 2 is 2.17 bits per heavy atom. The van der Waals surface area contributed by atoms with Crippen LogP contribution in [0.2, 0.25) is 0 Å². The van der Waals surface area contributed by atoms with Crippen molar-refractivity contribution < 1.29 is 18.3 Å². The van der Waals surface area contributed by atoms with E-state index < -0.39 is 17.8 Å². The quantitative estimate of drug-likeness (QED) is 0.841. The predicted octanol–water partition coefficient (Wildman–Crippen LogP) is 2.31. The molecule has 0 saturated carbocycles. The highest BCUT2D eigenvalue weighted by atomic mass is 19.4. The predicted molar refractivity (Wildman–Crippen MR) is 61.2 cm³/mol. The molecule has 0 spiro atoms. The summed E-state index contributed by atoms with van der Waals surface area (Å²) in [5.41, 5.74) is -0.744. The number of nitrogens with zero attached hydrogens (tertiary/aromatic N) is 2. The number of anilines is 1. The summed E-state index contributed by atoms with van der Waals surface area (Å²) in [5, 5.41) is 9.75. The van der Waals surface area contributed by atoms with Gasteiger partial charge in [-0.3, -0.25) is 0 Å². The fraction of sp³-hybridized carbons (Fsp3) is 0.583. The molecule has 6 heteroatoms. The highest BCUT2D eigenvalue weighted by Crippen LogP contribution is 2.36. The highest BCUT2D eigenvalue weighted by Gasteiger charge is 2.37. The van der Waals surface area contributed by atoms with E-state index in [2.05, 4.69) is 4.98 Å². The third-order valence-corrected chi connectivity index (χ3v) is 3.31. The molecule has 18 heavy (non-hydrogen) atoms. The first-order valence-corrected chi connectivity index (χ1v) is 5.85. The second-order valence-electron chi connectivity index (χ2n) is 4.65. The minimum absolute atomic E-state index is 0.0871. The van der Waals surface area contributed by atoms with Crippen molar-refractivity contribution in [3.63, 3.8) is 0 Å². The molecular weight excluding hydrogens is 245 g/mol. The standard InChI is InChI=1S/C12H15F3N2O/c1-8-4-6-17(7-10(8)18)11-9(12(13,14)15)3-2-5-16-11/h2-3,5,8,10,18H,4,6-7H2,1H3. The van der Waals surface area contributed by atoms with E-state index in [1.54, 1.807) is 0 Å². The number of hydrogen-bond acceptors (Lipinski definition) is 3. The lowest BCUT2D eigenvalue weighted by atomic mass is 9.96. The number of hydrogen-bond donors (Lipinski definition) is 1. The number of aliphatic hydroxyl groups is 1. The molecule has 1 fully saturated rings. The molecule has 3 nitrogen and oxygen atoms in total. The summed E-state index contributed by atoms with van der Waals surface area (Å²) in [5.74, 6) is 0.0234. The Hall–Kier alpha value is -1.30. The second kappa shape index (κ2) is 4.76. The highest BCUT2D eigenvalue weighted by molar-refractivity contribution is 5.48. The maximum absolute atomic E-state index is 12.8. The molecule has 0 radical (unpaired) electrons. The van der Waals surface area contributed by atoms with E-state index in [4.69, 9.17) is 0 Å². The number of piperidine rings is 1. The lowest BCUT2D eigenvalue weighted by Crippen LogP contribution is -2.44. The average Bonchev–Trinajstić information content (AvgIpc) is 2.32. The Balaban J connectivity index is 2.29. The van der Waals surface area contributed by atoms with Crippen LogP contribution in [-0.4, -0.2) is 29.3 Å². The van der Waals surface area contributed by atoms with Crippen molar-refractivity contribution in [1.29, 1.82) is 0 Å². The Labute approximate surface area is 103 Å². The lowest BCUT2D eigenvalue weighted by Gasteiger charge is -2.36. The van der Waals surface area contributed by atoms with Crippen molar-refractivity contribution in [1.82, 2.24) is 4.98 Å². The summed E-state index contributed by atoms with van der Waals surface area (Å²) in [6.45, 7) is 2.57. The molecular formula is C12H15F3N2O. The maximum atomic E-state index is 12.8. The number of aromatic nitrogens is 1. The Kier molecular flexibility index (Phi) is 3.47. The Morgan fingerprint density at radius 3 is 2.78 bits per heavy atom. The molecule has 0 aliphatic carbocycles. The Bertz CT molecular complexity index is 422. The van der Waals surface area contributed by atoms with Crippen molar-refractivity contribution in [3.8, 4) is 0 Å². The first kappa shape index (κ1) is 13.1. The fourth-order valence-corrected chi connectivity index (χ4v) is 2.11. The van der Waals surface area contributed by atoms with Gasteiger partial charge in [0.05, 0.1) is 11.7 Å². The van der Waals surface area contributed by atoms with E-state index in [1.165, 1.54) is 17.2 Å². The molecule has 1 aliphatic rings. The van der Waals surface area contributed by atoms with Crippen LogP contribution in [-0.2, 0) is 6.18 Å². The van der Waals surface area contributed by atoms with Gasteiger partial charge in [0.15, 0.2) is 0 Å². The zero-order valence-electron chi connectivity index (χ0n) is 9.98. The number of β-amino-alcohol motifs (C(OH)–C–C–N with tert-alkyl or cyclic N) is 1. The largest absolute Gasteiger partial charge is 0.419 e. The molecule has 1 aromatic heterocycles. The van der Waals surface area contributed by atoms with Crippen molar-refractivity contribution in [2.24, 2.45) is 5.92 Å². The lowest BCUT2D eigenvalue weighted by molar-refractivity contribution is -0.137. The maximum Gasteiger partial charge on any atom is 0.419 e. The van der Waals surface area contributed by atoms with Gasteiger partial charge in [0.1, 0.15) is 5.82 Å². The van der Waals surface area contributed by atoms with Gasteiger partial charge in [-0.15, -0.1) is 0 Å². The SMILES string of the molecule is CC1CCN(c2ncccc2C(F)(F)F)CC1O. The van der Waals surface area contributed by atoms with Crippen LogP contribution in [0.1, 0.15) is 18.9 Å². The van der Waals surface area contributed by atoms with Gasteiger partial charge >= 0.3 is 6.18 Å². The molecule has 1 aliphatic heterocycles. The van der Waals surface area contributed by atoms with Gasteiger partial charge in [-0.2, -0.15) is 13.2 Å². The number of pyridine rings is 1. The molecule has 1 saturated heterocycles. The van der Waals surface area contributed by atoms with Crippen molar-refractivity contribution >= 4 is 5.82 Å². The zero-order valence-corrected chi connectivity index (χ0v) is 9.98. The monoisotopic (exact) mass is 260 g/mol. The number of halogens is 3. The molecule has 2 rings (SSSR count). The molecule has 1 N–H and O–H groups in total. The number of alkyl halides is 3. The summed E-state index contributed by atoms with van der Waals surface area (Å²) in [7, 11) is 0. The van der Waals surface area contributed by atoms with Gasteiger partial charge < -0.3 is 10.0 Å². The van der Waals surface area contributed by atoms with Gasteiger partial charge in [0, 0.05) is 19.3 Å². The van der Waals surface area contributed by atoms with Gasteiger partial charge in [0.2, 0.25) is 0 Å². The number of rotatable bonds is 1. The van der Waals surface area contributed by atoms with E-state index in [1.807, 2.05) is 6.92 Å². The van der Waals surface area contributed by atoms with E-state index in [-0.39, 0.29) is 18.3 Å². The van der Waals surface area contributed by atoms with E-state index in [9.17, 15) is 18.3 Å². The van der Waals surface area contributed by atoms with Crippen LogP contribution < -0.4 is 4.90 Å². The van der Waals surface area contributed by atoms with Gasteiger partial charge in [-0.05, 0) is 24.5 Å². The minimum Gasteiger partial charge on any atom is -0.391 e. The smallest absolute Gasteiger partial charge is 0.391 e. The summed E-state index contributed by atoms with van der Waals surface area (Å²) in [6, 6.07) is 2.29. The van der Waals surface area contributed by atoms with Crippen LogP contribution >= 0.6 is 0 Å². The van der Waals surface area contributed by atoms with E-state index in [0.29, 0.717) is 13.0 Å². The topological polar surface area (TPSA) is 36.4 Å². The Morgan fingerprint density at radius 1 is 1.44 bits per heavy atom. The normalized spacial score (nSPS) is 25.3. The summed E-state index contributed by atoms with van der Waals surface area (Å²) < 4.78 is 38.5. The molecule has 0 bridgehead atoms. The fourth-order valence-electron chi connectivity index (χ4n) is 2.11. The zero-order chi connectivity index (χ0) is 13.3. The van der Waals surface area contributed by atoms with Crippen molar-refractivity contribution in [2.45, 2.75) is 25.6 Å². The van der Waals surface area contributed by atoms with E-state index in [0.717, 1.165) is 6.07 Å². The molecule has 0 amide bonds. The third-order valence-electron chi connectivity index (χ3n) is 3.31. The van der Waals surface area contributed by atoms with Gasteiger partial charge in [-0.25, -0.2) is 4.98 Å². The van der Waals surface area contributed by atoms with Gasteiger partial charge in [-0.1, -0.05) is 6.92 Å². The molecule has 2 atom stereocenters. The average molecular weight is 260 g/mol. The summed E-state index contributed by atoms with van der Waals surface area (Å²) in [6.07, 6.45) is -3.02. The summed E-state index contributed by atoms with van der Waals surface area (Å²) in [4.78, 5) is 5.33. The first-order valence-electron chi connectivity index (χ1n) is 5.85. The van der Waals surface area contributed by atoms with Crippen LogP contribution in [0.15, 0.2) is 18.3 Å². The van der Waals surface area contributed by atoms with Crippen LogP contribution in [0.4, 0.5) is 19.0 Å². The molecule has 2 heterocycles. The van der Waals surface area contributed by atoms with Crippen molar-refractivity contribution in [2.75, 3.05) is 18.0 Å². The minimum atomic E-state index is -4.42. The van der Waals surface area contributed by atoms with E-state index >= 15 is 0 Å². The van der Waals surface area contributed by atoms with Crippen LogP contribution in [0, 0.1) is 5.92 Å². The molecule has 2 unspecified atom stereocenters. The molecule has 100 valence electrons. The molecule has 1 aromatic rings. The number of aliphatic hydroxyl groups excluding tert-OH is 1. The third kappa shape index (κ3) is 2.58. The second-order valence-corrected chi connectivity index (χ2v) is 4.65. The van der Waals surface area contributed by atoms with Crippen LogP contribution in [0.5, 0.6) is 0 Å².